The second-order valence-corrected chi connectivity index (χ2v) is 30.0. The smallest absolute Gasteiger partial charge is 0.462 e. The van der Waals surface area contributed by atoms with E-state index in [1.165, 1.54) is 161 Å². The molecule has 0 spiro atoms. The van der Waals surface area contributed by atoms with Gasteiger partial charge in [-0.1, -0.05) is 305 Å². The molecule has 5 atom stereocenters. The maximum Gasteiger partial charge on any atom is 0.472 e. The SMILES string of the molecule is CCCCCCCCCCCCCCCCC(=O)OC[C@H](COP(=O)(O)OC[C@@H](O)COP(=O)(O)OC[C@@H](COC(=O)CCCCCCCCC(C)C)OC(=O)CCCCCCCCC(C)C)OC(=O)CCCCCCCCCCCCCCCCCC(C)C. The summed E-state index contributed by atoms with van der Waals surface area (Å²) in [6, 6.07) is 0. The summed E-state index contributed by atoms with van der Waals surface area (Å²) in [5.74, 6) is 0.0209. The first-order valence-corrected chi connectivity index (χ1v) is 39.8. The molecule has 0 aliphatic heterocycles. The molecule has 0 fully saturated rings. The van der Waals surface area contributed by atoms with Crippen molar-refractivity contribution in [2.45, 2.75) is 375 Å². The van der Waals surface area contributed by atoms with Gasteiger partial charge in [-0.25, -0.2) is 9.13 Å². The highest BCUT2D eigenvalue weighted by atomic mass is 31.2. The molecular weight excluding hydrogens is 1190 g/mol. The summed E-state index contributed by atoms with van der Waals surface area (Å²) in [7, 11) is -9.90. The summed E-state index contributed by atoms with van der Waals surface area (Å²) in [5.41, 5.74) is 0. The summed E-state index contributed by atoms with van der Waals surface area (Å²) in [4.78, 5) is 72.5. The van der Waals surface area contributed by atoms with Crippen LogP contribution in [0.4, 0.5) is 0 Å². The van der Waals surface area contributed by atoms with E-state index < -0.39 is 97.5 Å². The van der Waals surface area contributed by atoms with Crippen molar-refractivity contribution in [3.63, 3.8) is 0 Å². The van der Waals surface area contributed by atoms with E-state index in [0.717, 1.165) is 102 Å². The fraction of sp³-hybridized carbons (Fsp3) is 0.944. The number of carbonyl (C=O) groups excluding carboxylic acids is 4. The van der Waals surface area contributed by atoms with Gasteiger partial charge in [0.2, 0.25) is 0 Å². The van der Waals surface area contributed by atoms with Crippen LogP contribution in [0.1, 0.15) is 357 Å². The molecule has 0 heterocycles. The van der Waals surface area contributed by atoms with Crippen LogP contribution in [0.3, 0.4) is 0 Å². The van der Waals surface area contributed by atoms with Crippen LogP contribution in [0.15, 0.2) is 0 Å². The van der Waals surface area contributed by atoms with Gasteiger partial charge in [0.25, 0.3) is 0 Å². The zero-order chi connectivity index (χ0) is 66.6. The largest absolute Gasteiger partial charge is 0.472 e. The molecule has 0 saturated carbocycles. The van der Waals surface area contributed by atoms with Crippen molar-refractivity contribution >= 4 is 39.5 Å². The van der Waals surface area contributed by atoms with E-state index in [1.54, 1.807) is 0 Å². The Kier molecular flexibility index (Phi) is 60.6. The quantitative estimate of drug-likeness (QED) is 0.0222. The van der Waals surface area contributed by atoms with Crippen molar-refractivity contribution in [1.82, 2.24) is 0 Å². The van der Waals surface area contributed by atoms with E-state index >= 15 is 0 Å². The van der Waals surface area contributed by atoms with Crippen LogP contribution in [0.25, 0.3) is 0 Å². The van der Waals surface area contributed by atoms with Gasteiger partial charge in [0, 0.05) is 25.7 Å². The predicted molar refractivity (Wildman–Crippen MR) is 363 cm³/mol. The highest BCUT2D eigenvalue weighted by Gasteiger charge is 2.30. The molecule has 3 N–H and O–H groups in total. The van der Waals surface area contributed by atoms with E-state index in [4.69, 9.17) is 37.0 Å². The van der Waals surface area contributed by atoms with Crippen LogP contribution in [0, 0.1) is 17.8 Å². The third kappa shape index (κ3) is 64.8. The lowest BCUT2D eigenvalue weighted by Gasteiger charge is -2.21. The number of rotatable bonds is 69. The fourth-order valence-corrected chi connectivity index (χ4v) is 12.3. The van der Waals surface area contributed by atoms with Crippen molar-refractivity contribution in [3.8, 4) is 0 Å². The van der Waals surface area contributed by atoms with Gasteiger partial charge in [-0.2, -0.15) is 0 Å². The molecule has 0 aromatic rings. The second-order valence-electron chi connectivity index (χ2n) is 27.1. The molecular formula is C71H138O17P2. The Morgan fingerprint density at radius 2 is 0.511 bits per heavy atom. The Bertz CT molecular complexity index is 1770. The third-order valence-electron chi connectivity index (χ3n) is 16.4. The number of hydrogen-bond donors (Lipinski definition) is 3. The van der Waals surface area contributed by atoms with Crippen molar-refractivity contribution in [3.05, 3.63) is 0 Å². The van der Waals surface area contributed by atoms with E-state index in [-0.39, 0.29) is 25.7 Å². The van der Waals surface area contributed by atoms with Crippen LogP contribution < -0.4 is 0 Å². The van der Waals surface area contributed by atoms with Crippen LogP contribution in [-0.4, -0.2) is 96.7 Å². The Morgan fingerprint density at radius 1 is 0.300 bits per heavy atom. The predicted octanol–water partition coefficient (Wildman–Crippen LogP) is 20.2. The number of unbranched alkanes of at least 4 members (excludes halogenated alkanes) is 37. The molecule has 2 unspecified atom stereocenters. The number of aliphatic hydroxyl groups excluding tert-OH is 1. The van der Waals surface area contributed by atoms with E-state index in [2.05, 4.69) is 48.5 Å². The standard InChI is InChI=1S/C71H138O17P2/c1-8-9-10-11-12-13-14-15-20-23-26-29-38-45-52-68(73)81-58-66(87-70(75)54-47-40-30-27-24-21-18-16-17-19-22-25-28-35-42-49-62(2)3)60-85-89(77,78)83-56-65(72)57-84-90(79,80)86-61-67(88-71(76)55-48-41-34-32-37-44-51-64(6)7)59-82-69(74)53-46-39-33-31-36-43-50-63(4)5/h62-67,72H,8-61H2,1-7H3,(H,77,78)(H,79,80)/t65-,66-,67-/m1/s1. The average Bonchev–Trinajstić information content (AvgIpc) is 2.80. The molecule has 0 bridgehead atoms. The molecule has 0 radical (unpaired) electrons. The normalized spacial score (nSPS) is 14.2. The Labute approximate surface area is 549 Å². The number of esters is 4. The zero-order valence-electron chi connectivity index (χ0n) is 58.6. The third-order valence-corrected chi connectivity index (χ3v) is 18.3. The highest BCUT2D eigenvalue weighted by molar-refractivity contribution is 7.47. The van der Waals surface area contributed by atoms with Gasteiger partial charge in [0.15, 0.2) is 12.2 Å². The highest BCUT2D eigenvalue weighted by Crippen LogP contribution is 2.45. The fourth-order valence-electron chi connectivity index (χ4n) is 10.7. The van der Waals surface area contributed by atoms with Crippen molar-refractivity contribution in [1.29, 1.82) is 0 Å². The summed E-state index contributed by atoms with van der Waals surface area (Å²) in [6.07, 6.45) is 46.2. The topological polar surface area (TPSA) is 237 Å². The number of ether oxygens (including phenoxy) is 4. The summed E-state index contributed by atoms with van der Waals surface area (Å²) in [6.45, 7) is 11.7. The van der Waals surface area contributed by atoms with Crippen LogP contribution in [0.5, 0.6) is 0 Å². The van der Waals surface area contributed by atoms with Gasteiger partial charge in [0.1, 0.15) is 19.3 Å². The summed E-state index contributed by atoms with van der Waals surface area (Å²) in [5, 5.41) is 10.6. The first-order valence-electron chi connectivity index (χ1n) is 36.8. The molecule has 534 valence electrons. The monoisotopic (exact) mass is 1320 g/mol. The molecule has 0 rings (SSSR count). The Morgan fingerprint density at radius 3 is 0.756 bits per heavy atom. The minimum absolute atomic E-state index is 0.101. The lowest BCUT2D eigenvalue weighted by Crippen LogP contribution is -2.30. The van der Waals surface area contributed by atoms with Crippen molar-refractivity contribution in [2.24, 2.45) is 17.8 Å². The van der Waals surface area contributed by atoms with Crippen LogP contribution >= 0.6 is 15.6 Å². The number of hydrogen-bond acceptors (Lipinski definition) is 15. The molecule has 0 aliphatic rings. The molecule has 0 aliphatic carbocycles. The Hall–Kier alpha value is -1.94. The average molecular weight is 1330 g/mol. The minimum atomic E-state index is -4.95. The molecule has 0 aromatic heterocycles. The number of carbonyl (C=O) groups is 4. The van der Waals surface area contributed by atoms with Gasteiger partial charge in [0.05, 0.1) is 26.4 Å². The first kappa shape index (κ1) is 88.1. The number of phosphoric acid groups is 2. The van der Waals surface area contributed by atoms with Gasteiger partial charge >= 0.3 is 39.5 Å². The van der Waals surface area contributed by atoms with Gasteiger partial charge in [-0.3, -0.25) is 37.3 Å². The van der Waals surface area contributed by atoms with Crippen molar-refractivity contribution in [2.75, 3.05) is 39.6 Å². The molecule has 17 nitrogen and oxygen atoms in total. The van der Waals surface area contributed by atoms with E-state index in [1.807, 2.05) is 0 Å². The zero-order valence-corrected chi connectivity index (χ0v) is 60.4. The number of aliphatic hydroxyl groups is 1. The summed E-state index contributed by atoms with van der Waals surface area (Å²) >= 11 is 0. The second kappa shape index (κ2) is 61.9. The molecule has 0 amide bonds. The van der Waals surface area contributed by atoms with E-state index in [0.29, 0.717) is 37.5 Å². The number of phosphoric ester groups is 2. The lowest BCUT2D eigenvalue weighted by atomic mass is 10.0. The maximum absolute atomic E-state index is 13.0. The first-order chi connectivity index (χ1) is 43.2. The lowest BCUT2D eigenvalue weighted by molar-refractivity contribution is -0.161. The molecule has 19 heteroatoms. The van der Waals surface area contributed by atoms with E-state index in [9.17, 15) is 43.2 Å². The van der Waals surface area contributed by atoms with Crippen LogP contribution in [0.2, 0.25) is 0 Å². The summed E-state index contributed by atoms with van der Waals surface area (Å²) < 4.78 is 68.2. The van der Waals surface area contributed by atoms with Gasteiger partial charge < -0.3 is 33.8 Å². The molecule has 0 aromatic carbocycles. The minimum Gasteiger partial charge on any atom is -0.462 e. The molecule has 0 saturated heterocycles. The van der Waals surface area contributed by atoms with Crippen LogP contribution in [-0.2, 0) is 65.4 Å². The van der Waals surface area contributed by atoms with Gasteiger partial charge in [-0.15, -0.1) is 0 Å². The van der Waals surface area contributed by atoms with Gasteiger partial charge in [-0.05, 0) is 43.4 Å². The van der Waals surface area contributed by atoms with Crippen molar-refractivity contribution < 1.29 is 80.2 Å². The molecule has 90 heavy (non-hydrogen) atoms. The Balaban J connectivity index is 5.21. The maximum atomic E-state index is 13.0.